The van der Waals surface area contributed by atoms with Crippen molar-refractivity contribution in [3.8, 4) is 5.75 Å². The molecule has 0 radical (unpaired) electrons. The van der Waals surface area contributed by atoms with Crippen LogP contribution in [0.25, 0.3) is 0 Å². The van der Waals surface area contributed by atoms with E-state index in [1.807, 2.05) is 0 Å². The smallest absolute Gasteiger partial charge is 0.422 e. The maximum Gasteiger partial charge on any atom is 0.422 e. The first kappa shape index (κ1) is 19.8. The molecule has 0 spiro atoms. The normalized spacial score (nSPS) is 14.1. The Morgan fingerprint density at radius 1 is 1.21 bits per heavy atom. The number of benzene rings is 1. The summed E-state index contributed by atoms with van der Waals surface area (Å²) in [5.41, 5.74) is -0.749. The van der Waals surface area contributed by atoms with Crippen LogP contribution in [0.3, 0.4) is 0 Å². The van der Waals surface area contributed by atoms with Crippen LogP contribution in [0.5, 0.6) is 5.75 Å². The summed E-state index contributed by atoms with van der Waals surface area (Å²) >= 11 is 0. The van der Waals surface area contributed by atoms with Crippen LogP contribution in [0.4, 0.5) is 13.2 Å². The number of aliphatic carboxylic acids is 1. The highest BCUT2D eigenvalue weighted by molar-refractivity contribution is 5.95. The van der Waals surface area contributed by atoms with E-state index >= 15 is 0 Å². The second kappa shape index (κ2) is 7.55. The first-order chi connectivity index (χ1) is 10.9. The van der Waals surface area contributed by atoms with E-state index in [9.17, 15) is 22.8 Å². The molecule has 0 saturated heterocycles. The summed E-state index contributed by atoms with van der Waals surface area (Å²) in [7, 11) is 0. The summed E-state index contributed by atoms with van der Waals surface area (Å²) in [4.78, 5) is 23.2. The number of amides is 1. The molecule has 0 aliphatic heterocycles. The zero-order valence-electron chi connectivity index (χ0n) is 13.6. The van der Waals surface area contributed by atoms with Crippen LogP contribution < -0.4 is 10.1 Å². The summed E-state index contributed by atoms with van der Waals surface area (Å²) in [5, 5.41) is 11.7. The van der Waals surface area contributed by atoms with Crippen molar-refractivity contribution in [1.82, 2.24) is 5.32 Å². The third kappa shape index (κ3) is 6.10. The molecule has 1 atom stereocenters. The summed E-state index contributed by atoms with van der Waals surface area (Å²) in [6, 6.07) is 5.15. The van der Waals surface area contributed by atoms with Crippen LogP contribution in [0.15, 0.2) is 24.3 Å². The molecule has 0 saturated carbocycles. The van der Waals surface area contributed by atoms with Crippen LogP contribution in [0.1, 0.15) is 37.6 Å². The zero-order valence-corrected chi connectivity index (χ0v) is 13.6. The van der Waals surface area contributed by atoms with Gasteiger partial charge in [-0.05, 0) is 37.1 Å². The number of halogens is 3. The molecule has 1 unspecified atom stereocenters. The second-order valence-corrected chi connectivity index (χ2v) is 6.03. The molecular formula is C16H20F3NO4. The molecule has 0 aromatic heterocycles. The van der Waals surface area contributed by atoms with E-state index < -0.39 is 30.2 Å². The highest BCUT2D eigenvalue weighted by Crippen LogP contribution is 2.23. The second-order valence-electron chi connectivity index (χ2n) is 6.03. The van der Waals surface area contributed by atoms with Gasteiger partial charge in [-0.15, -0.1) is 0 Å². The Labute approximate surface area is 137 Å². The molecule has 0 aliphatic rings. The van der Waals surface area contributed by atoms with Gasteiger partial charge in [0.15, 0.2) is 6.61 Å². The lowest BCUT2D eigenvalue weighted by atomic mass is 9.85. The van der Waals surface area contributed by atoms with Crippen molar-refractivity contribution in [3.63, 3.8) is 0 Å². The van der Waals surface area contributed by atoms with E-state index in [0.29, 0.717) is 0 Å². The van der Waals surface area contributed by atoms with Gasteiger partial charge in [0.25, 0.3) is 5.91 Å². The fourth-order valence-corrected chi connectivity index (χ4v) is 1.91. The van der Waals surface area contributed by atoms with Gasteiger partial charge in [0.1, 0.15) is 5.75 Å². The molecule has 0 aliphatic carbocycles. The Morgan fingerprint density at radius 3 is 2.17 bits per heavy atom. The standard InChI is InChI=1S/C16H20F3NO4/c1-10(2)15(3,8-13(21)22)20-14(23)11-4-6-12(7-5-11)24-9-16(17,18)19/h4-7,10H,8-9H2,1-3H3,(H,20,23)(H,21,22). The third-order valence-electron chi connectivity index (χ3n) is 3.71. The van der Waals surface area contributed by atoms with Crippen molar-refractivity contribution in [2.75, 3.05) is 6.61 Å². The van der Waals surface area contributed by atoms with Crippen LogP contribution in [-0.2, 0) is 4.79 Å². The maximum atomic E-state index is 12.2. The van der Waals surface area contributed by atoms with Crippen LogP contribution in [-0.4, -0.2) is 35.3 Å². The molecule has 8 heteroatoms. The molecule has 2 N–H and O–H groups in total. The van der Waals surface area contributed by atoms with E-state index in [0.717, 1.165) is 0 Å². The molecule has 0 bridgehead atoms. The molecule has 0 fully saturated rings. The number of nitrogens with one attached hydrogen (secondary N) is 1. The van der Waals surface area contributed by atoms with E-state index in [4.69, 9.17) is 5.11 Å². The highest BCUT2D eigenvalue weighted by Gasteiger charge is 2.33. The van der Waals surface area contributed by atoms with E-state index in [2.05, 4.69) is 10.1 Å². The van der Waals surface area contributed by atoms with Gasteiger partial charge in [-0.25, -0.2) is 0 Å². The number of hydrogen-bond donors (Lipinski definition) is 2. The fourth-order valence-electron chi connectivity index (χ4n) is 1.91. The van der Waals surface area contributed by atoms with Gasteiger partial charge in [-0.2, -0.15) is 13.2 Å². The SMILES string of the molecule is CC(C)C(C)(CC(=O)O)NC(=O)c1ccc(OCC(F)(F)F)cc1. The summed E-state index contributed by atoms with van der Waals surface area (Å²) in [5.74, 6) is -1.69. The number of hydrogen-bond acceptors (Lipinski definition) is 3. The largest absolute Gasteiger partial charge is 0.484 e. The highest BCUT2D eigenvalue weighted by atomic mass is 19.4. The average Bonchev–Trinajstić information content (AvgIpc) is 2.43. The molecule has 0 heterocycles. The Hall–Kier alpha value is -2.25. The van der Waals surface area contributed by atoms with Crippen molar-refractivity contribution in [2.45, 2.75) is 38.9 Å². The molecule has 1 rings (SSSR count). The molecular weight excluding hydrogens is 327 g/mol. The van der Waals surface area contributed by atoms with Gasteiger partial charge >= 0.3 is 12.1 Å². The van der Waals surface area contributed by atoms with E-state index in [1.165, 1.54) is 24.3 Å². The minimum Gasteiger partial charge on any atom is -0.484 e. The van der Waals surface area contributed by atoms with Crippen molar-refractivity contribution in [3.05, 3.63) is 29.8 Å². The number of ether oxygens (including phenoxy) is 1. The summed E-state index contributed by atoms with van der Waals surface area (Å²) in [6.45, 7) is 3.79. The number of carbonyl (C=O) groups excluding carboxylic acids is 1. The fraction of sp³-hybridized carbons (Fsp3) is 0.500. The van der Waals surface area contributed by atoms with Crippen molar-refractivity contribution >= 4 is 11.9 Å². The number of alkyl halides is 3. The zero-order chi connectivity index (χ0) is 18.5. The lowest BCUT2D eigenvalue weighted by Crippen LogP contribution is -2.51. The van der Waals surface area contributed by atoms with Gasteiger partial charge in [-0.1, -0.05) is 13.8 Å². The van der Waals surface area contributed by atoms with Gasteiger partial charge in [0.05, 0.1) is 12.0 Å². The average molecular weight is 347 g/mol. The van der Waals surface area contributed by atoms with Gasteiger partial charge < -0.3 is 15.2 Å². The minimum atomic E-state index is -4.44. The Bertz CT molecular complexity index is 584. The number of rotatable bonds is 7. The predicted molar refractivity (Wildman–Crippen MR) is 81.0 cm³/mol. The molecule has 5 nitrogen and oxygen atoms in total. The van der Waals surface area contributed by atoms with E-state index in [-0.39, 0.29) is 23.7 Å². The van der Waals surface area contributed by atoms with Crippen molar-refractivity contribution < 1.29 is 32.6 Å². The van der Waals surface area contributed by atoms with Crippen LogP contribution >= 0.6 is 0 Å². The van der Waals surface area contributed by atoms with Crippen LogP contribution in [0, 0.1) is 5.92 Å². The van der Waals surface area contributed by atoms with Gasteiger partial charge in [0.2, 0.25) is 0 Å². The minimum absolute atomic E-state index is 0.0129. The molecule has 1 aromatic carbocycles. The van der Waals surface area contributed by atoms with Gasteiger partial charge in [0, 0.05) is 5.56 Å². The maximum absolute atomic E-state index is 12.2. The molecule has 1 aromatic rings. The molecule has 24 heavy (non-hydrogen) atoms. The molecule has 1 amide bonds. The van der Waals surface area contributed by atoms with Gasteiger partial charge in [-0.3, -0.25) is 9.59 Å². The summed E-state index contributed by atoms with van der Waals surface area (Å²) < 4.78 is 40.8. The Balaban J connectivity index is 2.79. The lowest BCUT2D eigenvalue weighted by molar-refractivity contribution is -0.153. The topological polar surface area (TPSA) is 75.6 Å². The number of carboxylic acids is 1. The summed E-state index contributed by atoms with van der Waals surface area (Å²) in [6.07, 6.45) is -4.69. The Morgan fingerprint density at radius 2 is 1.75 bits per heavy atom. The number of carboxylic acid groups (broad SMARTS) is 1. The van der Waals surface area contributed by atoms with E-state index in [1.54, 1.807) is 20.8 Å². The van der Waals surface area contributed by atoms with Crippen molar-refractivity contribution in [2.24, 2.45) is 5.92 Å². The van der Waals surface area contributed by atoms with Crippen LogP contribution in [0.2, 0.25) is 0 Å². The predicted octanol–water partition coefficient (Wildman–Crippen LogP) is 3.25. The monoisotopic (exact) mass is 347 g/mol. The number of carbonyl (C=O) groups is 2. The first-order valence-electron chi connectivity index (χ1n) is 7.27. The first-order valence-corrected chi connectivity index (χ1v) is 7.27. The quantitative estimate of drug-likeness (QED) is 0.794. The Kier molecular flexibility index (Phi) is 6.22. The lowest BCUT2D eigenvalue weighted by Gasteiger charge is -2.33. The van der Waals surface area contributed by atoms with Crippen molar-refractivity contribution in [1.29, 1.82) is 0 Å². The third-order valence-corrected chi connectivity index (χ3v) is 3.71. The molecule has 134 valence electrons.